The van der Waals surface area contributed by atoms with E-state index in [4.69, 9.17) is 34.8 Å². The Hall–Kier alpha value is -5.80. The molecule has 5 aromatic carbocycles. The van der Waals surface area contributed by atoms with Crippen molar-refractivity contribution in [1.82, 2.24) is 15.0 Å². The number of aromatic nitrogens is 3. The quantitative estimate of drug-likeness (QED) is 0.0863. The van der Waals surface area contributed by atoms with E-state index >= 15 is 0 Å². The summed E-state index contributed by atoms with van der Waals surface area (Å²) in [6.45, 7) is 0. The summed E-state index contributed by atoms with van der Waals surface area (Å²) in [6.07, 6.45) is 5.61. The van der Waals surface area contributed by atoms with Crippen molar-refractivity contribution in [2.75, 3.05) is 10.6 Å². The highest BCUT2D eigenvalue weighted by Crippen LogP contribution is 2.24. The average molecular weight is 735 g/mol. The fourth-order valence-electron chi connectivity index (χ4n) is 5.34. The van der Waals surface area contributed by atoms with Gasteiger partial charge in [0.15, 0.2) is 0 Å². The van der Waals surface area contributed by atoms with Gasteiger partial charge in [-0.05, 0) is 77.7 Å². The molecule has 0 spiro atoms. The molecule has 0 saturated heterocycles. The number of fused-ring (bicyclic) bond motifs is 3. The summed E-state index contributed by atoms with van der Waals surface area (Å²) in [5.41, 5.74) is 5.44. The number of Topliss-reactive ketones (excluding diaryl/α,β-unsaturated/α-hetero) is 1. The van der Waals surface area contributed by atoms with Gasteiger partial charge in [0.1, 0.15) is 0 Å². The molecular weight excluding hydrogens is 705 g/mol. The first-order chi connectivity index (χ1) is 24.7. The summed E-state index contributed by atoms with van der Waals surface area (Å²) in [5, 5.41) is 10.4. The lowest BCUT2D eigenvalue weighted by Gasteiger charge is -2.04. The van der Waals surface area contributed by atoms with Crippen LogP contribution in [-0.4, -0.2) is 32.5 Å². The van der Waals surface area contributed by atoms with Crippen LogP contribution < -0.4 is 10.6 Å². The monoisotopic (exact) mass is 733 g/mol. The van der Waals surface area contributed by atoms with Gasteiger partial charge in [-0.25, -0.2) is 0 Å². The van der Waals surface area contributed by atoms with E-state index in [0.29, 0.717) is 33.1 Å². The molecule has 0 radical (unpaired) electrons. The number of carbonyl (C=O) groups is 3. The van der Waals surface area contributed by atoms with Crippen LogP contribution in [0.25, 0.3) is 32.7 Å². The highest BCUT2D eigenvalue weighted by Gasteiger charge is 2.20. The first-order valence-electron chi connectivity index (χ1n) is 15.7. The number of H-pyrrole nitrogens is 3. The van der Waals surface area contributed by atoms with Crippen molar-refractivity contribution >= 4 is 96.5 Å². The summed E-state index contributed by atoms with van der Waals surface area (Å²) < 4.78 is 0. The number of para-hydroxylation sites is 2. The van der Waals surface area contributed by atoms with Crippen molar-refractivity contribution in [1.29, 1.82) is 0 Å². The highest BCUT2D eigenvalue weighted by molar-refractivity contribution is 6.48. The van der Waals surface area contributed by atoms with Crippen molar-refractivity contribution in [2.24, 2.45) is 0 Å². The van der Waals surface area contributed by atoms with Gasteiger partial charge >= 0.3 is 0 Å². The van der Waals surface area contributed by atoms with E-state index in [1.807, 2.05) is 91.3 Å². The Morgan fingerprint density at radius 1 is 0.549 bits per heavy atom. The molecule has 3 aromatic heterocycles. The number of benzene rings is 5. The van der Waals surface area contributed by atoms with Crippen LogP contribution in [0.4, 0.5) is 11.4 Å². The topological polar surface area (TPSA) is 123 Å². The summed E-state index contributed by atoms with van der Waals surface area (Å²) >= 11 is 17.6. The molecule has 11 heteroatoms. The lowest BCUT2D eigenvalue weighted by molar-refractivity contribution is -0.115. The summed E-state index contributed by atoms with van der Waals surface area (Å²) in [7, 11) is 0. The van der Waals surface area contributed by atoms with Crippen molar-refractivity contribution < 1.29 is 14.4 Å². The minimum atomic E-state index is -0.669. The van der Waals surface area contributed by atoms with Gasteiger partial charge in [-0.3, -0.25) is 14.4 Å². The zero-order valence-electron chi connectivity index (χ0n) is 26.8. The molecule has 0 aliphatic rings. The standard InChI is InChI=1S/C16H11ClN2O2.C16H13ClN2O.C8H6ClN/c17-10-6-7-12-13(9-18-14(12)8-10)15(20)16(21)19-11-4-2-1-3-5-11;17-12-6-7-14-11(10-18-15(14)9-12)8-16(20)19-13-4-2-1-3-5-13;9-7-2-1-6-3-4-10-8(6)5-7/h1-9,18H,(H,19,21);1-7,9-10,18H,8H2,(H,19,20);1-5,10H. The number of nitrogens with one attached hydrogen (secondary N) is 5. The first-order valence-corrected chi connectivity index (χ1v) is 16.9. The van der Waals surface area contributed by atoms with Gasteiger partial charge in [0.05, 0.1) is 12.0 Å². The van der Waals surface area contributed by atoms with Gasteiger partial charge in [-0.2, -0.15) is 0 Å². The number of hydrogen-bond acceptors (Lipinski definition) is 3. The van der Waals surface area contributed by atoms with Crippen molar-refractivity contribution in [3.05, 3.63) is 166 Å². The summed E-state index contributed by atoms with van der Waals surface area (Å²) in [6, 6.07) is 36.8. The SMILES string of the molecule is Clc1ccc2cc[nH]c2c1.O=C(Cc1c[nH]c2cc(Cl)ccc12)Nc1ccccc1.O=C(Nc1ccccc1)C(=O)c1c[nH]c2cc(Cl)ccc12. The highest BCUT2D eigenvalue weighted by atomic mass is 35.5. The van der Waals surface area contributed by atoms with Crippen LogP contribution in [0.15, 0.2) is 140 Å². The molecule has 2 amide bonds. The molecule has 0 saturated carbocycles. The molecule has 3 heterocycles. The second kappa shape index (κ2) is 16.3. The fraction of sp³-hybridized carbons (Fsp3) is 0.0250. The third-order valence-electron chi connectivity index (χ3n) is 7.78. The molecule has 0 aliphatic carbocycles. The number of aromatic amines is 3. The minimum Gasteiger partial charge on any atom is -0.361 e. The summed E-state index contributed by atoms with van der Waals surface area (Å²) in [4.78, 5) is 45.5. The number of amides is 2. The second-order valence-corrected chi connectivity index (χ2v) is 12.7. The maximum absolute atomic E-state index is 12.2. The second-order valence-electron chi connectivity index (χ2n) is 11.3. The van der Waals surface area contributed by atoms with Gasteiger partial charge < -0.3 is 25.6 Å². The van der Waals surface area contributed by atoms with Crippen molar-refractivity contribution in [3.8, 4) is 0 Å². The van der Waals surface area contributed by atoms with Crippen LogP contribution in [0.2, 0.25) is 15.1 Å². The maximum atomic E-state index is 12.2. The van der Waals surface area contributed by atoms with Crippen molar-refractivity contribution in [3.63, 3.8) is 0 Å². The molecule has 0 fully saturated rings. The number of halogens is 3. The number of hydrogen-bond donors (Lipinski definition) is 5. The number of anilines is 2. The molecule has 8 aromatic rings. The average Bonchev–Trinajstić information content (AvgIpc) is 3.87. The molecule has 5 N–H and O–H groups in total. The molecule has 51 heavy (non-hydrogen) atoms. The zero-order valence-corrected chi connectivity index (χ0v) is 29.1. The van der Waals surface area contributed by atoms with Crippen LogP contribution in [0, 0.1) is 0 Å². The Morgan fingerprint density at radius 2 is 1.10 bits per heavy atom. The van der Waals surface area contributed by atoms with Crippen LogP contribution in [0.5, 0.6) is 0 Å². The number of rotatable bonds is 6. The Balaban J connectivity index is 0.000000140. The Labute approximate surface area is 307 Å². The van der Waals surface area contributed by atoms with Gasteiger partial charge in [-0.15, -0.1) is 0 Å². The molecular formula is C40H30Cl3N5O3. The fourth-order valence-corrected chi connectivity index (χ4v) is 5.86. The molecule has 0 bridgehead atoms. The maximum Gasteiger partial charge on any atom is 0.296 e. The van der Waals surface area contributed by atoms with Gasteiger partial charge in [0, 0.05) is 72.4 Å². The van der Waals surface area contributed by atoms with E-state index in [1.165, 1.54) is 11.6 Å². The number of carbonyl (C=O) groups excluding carboxylic acids is 3. The van der Waals surface area contributed by atoms with Gasteiger partial charge in [0.25, 0.3) is 11.7 Å². The van der Waals surface area contributed by atoms with Crippen LogP contribution in [-0.2, 0) is 16.0 Å². The predicted octanol–water partition coefficient (Wildman–Crippen LogP) is 10.5. The first kappa shape index (κ1) is 35.0. The molecule has 0 unspecified atom stereocenters. The van der Waals surface area contributed by atoms with Crippen LogP contribution in [0.3, 0.4) is 0 Å². The predicted molar refractivity (Wildman–Crippen MR) is 208 cm³/mol. The third kappa shape index (κ3) is 9.06. The molecule has 254 valence electrons. The minimum absolute atomic E-state index is 0.0351. The van der Waals surface area contributed by atoms with Crippen LogP contribution in [0.1, 0.15) is 15.9 Å². The molecule has 0 aliphatic heterocycles. The third-order valence-corrected chi connectivity index (χ3v) is 8.49. The van der Waals surface area contributed by atoms with E-state index in [1.54, 1.807) is 42.5 Å². The normalized spacial score (nSPS) is 10.6. The molecule has 0 atom stereocenters. The van der Waals surface area contributed by atoms with Crippen LogP contribution >= 0.6 is 34.8 Å². The van der Waals surface area contributed by atoms with E-state index in [2.05, 4.69) is 25.6 Å². The lowest BCUT2D eigenvalue weighted by Crippen LogP contribution is -2.22. The van der Waals surface area contributed by atoms with Crippen molar-refractivity contribution in [2.45, 2.75) is 6.42 Å². The Morgan fingerprint density at radius 3 is 1.76 bits per heavy atom. The molecule has 8 rings (SSSR count). The molecule has 8 nitrogen and oxygen atoms in total. The lowest BCUT2D eigenvalue weighted by atomic mass is 10.1. The van der Waals surface area contributed by atoms with E-state index in [-0.39, 0.29) is 5.91 Å². The Bertz CT molecular complexity index is 2450. The van der Waals surface area contributed by atoms with E-state index in [9.17, 15) is 14.4 Å². The zero-order chi connectivity index (χ0) is 35.7. The number of ketones is 1. The van der Waals surface area contributed by atoms with E-state index in [0.717, 1.165) is 38.2 Å². The summed E-state index contributed by atoms with van der Waals surface area (Å²) in [5.74, 6) is -1.29. The van der Waals surface area contributed by atoms with Gasteiger partial charge in [0.2, 0.25) is 5.91 Å². The Kier molecular flexibility index (Phi) is 11.2. The largest absolute Gasteiger partial charge is 0.361 e. The smallest absolute Gasteiger partial charge is 0.296 e. The van der Waals surface area contributed by atoms with E-state index < -0.39 is 11.7 Å². The van der Waals surface area contributed by atoms with Gasteiger partial charge in [-0.1, -0.05) is 89.4 Å².